The molecular weight excluding hydrogens is 258 g/mol. The van der Waals surface area contributed by atoms with Gasteiger partial charge in [-0.2, -0.15) is 0 Å². The molecule has 1 aliphatic rings. The van der Waals surface area contributed by atoms with Gasteiger partial charge in [-0.3, -0.25) is 4.79 Å². The molecule has 1 aliphatic heterocycles. The predicted molar refractivity (Wildman–Crippen MR) is 75.5 cm³/mol. The fourth-order valence-corrected chi connectivity index (χ4v) is 2.25. The number of nitrogens with two attached hydrogens (primary N) is 1. The minimum atomic E-state index is -0.0375. The number of hydrogen-bond donors (Lipinski definition) is 1. The van der Waals surface area contributed by atoms with Crippen molar-refractivity contribution in [1.29, 1.82) is 0 Å². The first kappa shape index (κ1) is 14.8. The maximum absolute atomic E-state index is 12.1. The largest absolute Gasteiger partial charge is 0.493 e. The third-order valence-electron chi connectivity index (χ3n) is 3.27. The van der Waals surface area contributed by atoms with E-state index in [2.05, 4.69) is 0 Å². The van der Waals surface area contributed by atoms with Crippen LogP contribution >= 0.6 is 0 Å². The van der Waals surface area contributed by atoms with E-state index in [9.17, 15) is 4.79 Å². The van der Waals surface area contributed by atoms with Crippen LogP contribution in [0, 0.1) is 0 Å². The first-order valence-corrected chi connectivity index (χ1v) is 6.91. The standard InChI is InChI=1S/C15H21NO4/c1-18-14-6-2-5-12(13(17)7-8-16)15(14)20-11-4-3-9-19-10-11/h2,5-6,11H,3-4,7-10,16H2,1H3. The van der Waals surface area contributed by atoms with Crippen LogP contribution in [0.15, 0.2) is 18.2 Å². The normalized spacial score (nSPS) is 18.6. The number of hydrogen-bond acceptors (Lipinski definition) is 5. The number of carbonyl (C=O) groups excluding carboxylic acids is 1. The summed E-state index contributed by atoms with van der Waals surface area (Å²) in [5, 5.41) is 0. The molecule has 110 valence electrons. The van der Waals surface area contributed by atoms with E-state index in [-0.39, 0.29) is 11.9 Å². The van der Waals surface area contributed by atoms with Crippen molar-refractivity contribution in [3.63, 3.8) is 0 Å². The van der Waals surface area contributed by atoms with Crippen LogP contribution in [0.1, 0.15) is 29.6 Å². The molecule has 5 nitrogen and oxygen atoms in total. The van der Waals surface area contributed by atoms with E-state index in [4.69, 9.17) is 19.9 Å². The van der Waals surface area contributed by atoms with Crippen LogP contribution in [0.4, 0.5) is 0 Å². The minimum absolute atomic E-state index is 0.0295. The van der Waals surface area contributed by atoms with Gasteiger partial charge in [0.15, 0.2) is 17.3 Å². The van der Waals surface area contributed by atoms with E-state index in [0.717, 1.165) is 19.4 Å². The number of ether oxygens (including phenoxy) is 3. The van der Waals surface area contributed by atoms with Crippen LogP contribution in [0.25, 0.3) is 0 Å². The average molecular weight is 279 g/mol. The zero-order valence-electron chi connectivity index (χ0n) is 11.8. The Morgan fingerprint density at radius 3 is 3.00 bits per heavy atom. The van der Waals surface area contributed by atoms with Gasteiger partial charge in [-0.25, -0.2) is 0 Å². The Bertz CT molecular complexity index is 455. The third-order valence-corrected chi connectivity index (χ3v) is 3.27. The summed E-state index contributed by atoms with van der Waals surface area (Å²) >= 11 is 0. The predicted octanol–water partition coefficient (Wildman–Crippen LogP) is 1.78. The van der Waals surface area contributed by atoms with Crippen molar-refractivity contribution in [1.82, 2.24) is 0 Å². The highest BCUT2D eigenvalue weighted by molar-refractivity contribution is 5.99. The maximum atomic E-state index is 12.1. The zero-order valence-corrected chi connectivity index (χ0v) is 11.8. The fourth-order valence-electron chi connectivity index (χ4n) is 2.25. The second-order valence-electron chi connectivity index (χ2n) is 4.76. The summed E-state index contributed by atoms with van der Waals surface area (Å²) in [6.07, 6.45) is 2.14. The summed E-state index contributed by atoms with van der Waals surface area (Å²) < 4.78 is 16.7. The molecule has 0 radical (unpaired) electrons. The number of benzene rings is 1. The number of rotatable bonds is 6. The fraction of sp³-hybridized carbons (Fsp3) is 0.533. The van der Waals surface area contributed by atoms with Gasteiger partial charge in [-0.15, -0.1) is 0 Å². The monoisotopic (exact) mass is 279 g/mol. The first-order chi connectivity index (χ1) is 9.76. The highest BCUT2D eigenvalue weighted by Gasteiger charge is 2.22. The molecule has 0 aliphatic carbocycles. The Morgan fingerprint density at radius 2 is 2.35 bits per heavy atom. The lowest BCUT2D eigenvalue weighted by Crippen LogP contribution is -2.28. The minimum Gasteiger partial charge on any atom is -0.493 e. The second-order valence-corrected chi connectivity index (χ2v) is 4.76. The van der Waals surface area contributed by atoms with E-state index in [1.807, 2.05) is 0 Å². The lowest BCUT2D eigenvalue weighted by molar-refractivity contribution is 0.00609. The Hall–Kier alpha value is -1.59. The van der Waals surface area contributed by atoms with Crippen molar-refractivity contribution in [2.75, 3.05) is 26.9 Å². The van der Waals surface area contributed by atoms with E-state index >= 15 is 0 Å². The smallest absolute Gasteiger partial charge is 0.172 e. The quantitative estimate of drug-likeness (QED) is 0.804. The molecule has 20 heavy (non-hydrogen) atoms. The molecule has 2 N–H and O–H groups in total. The Morgan fingerprint density at radius 1 is 1.50 bits per heavy atom. The molecule has 0 saturated carbocycles. The molecule has 1 atom stereocenters. The summed E-state index contributed by atoms with van der Waals surface area (Å²) in [6, 6.07) is 5.32. The average Bonchev–Trinajstić information content (AvgIpc) is 2.48. The molecule has 0 amide bonds. The molecule has 2 rings (SSSR count). The summed E-state index contributed by atoms with van der Waals surface area (Å²) in [5.74, 6) is 1.04. The topological polar surface area (TPSA) is 70.8 Å². The van der Waals surface area contributed by atoms with Gasteiger partial charge in [0.05, 0.1) is 19.3 Å². The molecule has 5 heteroatoms. The third kappa shape index (κ3) is 3.49. The maximum Gasteiger partial charge on any atom is 0.172 e. The van der Waals surface area contributed by atoms with Gasteiger partial charge in [-0.05, 0) is 31.5 Å². The molecule has 1 heterocycles. The Labute approximate surface area is 119 Å². The number of methoxy groups -OCH3 is 1. The summed E-state index contributed by atoms with van der Waals surface area (Å²) in [7, 11) is 1.57. The van der Waals surface area contributed by atoms with Crippen LogP contribution in [0.3, 0.4) is 0 Å². The van der Waals surface area contributed by atoms with E-state index < -0.39 is 0 Å². The van der Waals surface area contributed by atoms with Gasteiger partial charge in [0.1, 0.15) is 6.10 Å². The van der Waals surface area contributed by atoms with Crippen LogP contribution in [0.5, 0.6) is 11.5 Å². The molecule has 1 saturated heterocycles. The molecule has 1 aromatic rings. The van der Waals surface area contributed by atoms with E-state index in [1.54, 1.807) is 25.3 Å². The molecule has 0 bridgehead atoms. The molecule has 1 aromatic carbocycles. The number of para-hydroxylation sites is 1. The molecule has 0 spiro atoms. The lowest BCUT2D eigenvalue weighted by Gasteiger charge is -2.25. The van der Waals surface area contributed by atoms with E-state index in [1.165, 1.54) is 0 Å². The van der Waals surface area contributed by atoms with Gasteiger partial charge in [0.25, 0.3) is 0 Å². The SMILES string of the molecule is COc1cccc(C(=O)CCN)c1OC1CCCOC1. The highest BCUT2D eigenvalue weighted by Crippen LogP contribution is 2.33. The molecule has 1 unspecified atom stereocenters. The number of ketones is 1. The molecule has 0 aromatic heterocycles. The van der Waals surface area contributed by atoms with Crippen molar-refractivity contribution in [2.45, 2.75) is 25.4 Å². The van der Waals surface area contributed by atoms with Crippen molar-refractivity contribution in [3.8, 4) is 11.5 Å². The summed E-state index contributed by atoms with van der Waals surface area (Å²) in [6.45, 7) is 1.63. The van der Waals surface area contributed by atoms with Gasteiger partial charge in [-0.1, -0.05) is 6.07 Å². The van der Waals surface area contributed by atoms with Crippen LogP contribution in [0.2, 0.25) is 0 Å². The molecule has 1 fully saturated rings. The van der Waals surface area contributed by atoms with Crippen LogP contribution in [-0.2, 0) is 4.74 Å². The first-order valence-electron chi connectivity index (χ1n) is 6.91. The van der Waals surface area contributed by atoms with Crippen molar-refractivity contribution >= 4 is 5.78 Å². The van der Waals surface area contributed by atoms with Crippen molar-refractivity contribution in [2.24, 2.45) is 5.73 Å². The van der Waals surface area contributed by atoms with Gasteiger partial charge in [0, 0.05) is 13.0 Å². The second kappa shape index (κ2) is 7.26. The van der Waals surface area contributed by atoms with Crippen LogP contribution < -0.4 is 15.2 Å². The van der Waals surface area contributed by atoms with Gasteiger partial charge < -0.3 is 19.9 Å². The summed E-state index contributed by atoms with van der Waals surface area (Å²) in [4.78, 5) is 12.1. The zero-order chi connectivity index (χ0) is 14.4. The lowest BCUT2D eigenvalue weighted by atomic mass is 10.1. The Kier molecular flexibility index (Phi) is 5.38. The van der Waals surface area contributed by atoms with Gasteiger partial charge in [0.2, 0.25) is 0 Å². The molecular formula is C15H21NO4. The summed E-state index contributed by atoms with van der Waals surface area (Å²) in [5.41, 5.74) is 5.99. The number of carbonyl (C=O) groups is 1. The highest BCUT2D eigenvalue weighted by atomic mass is 16.5. The Balaban J connectivity index is 2.24. The van der Waals surface area contributed by atoms with Gasteiger partial charge >= 0.3 is 0 Å². The number of Topliss-reactive ketones (excluding diaryl/α,β-unsaturated/α-hetero) is 1. The van der Waals surface area contributed by atoms with Crippen molar-refractivity contribution in [3.05, 3.63) is 23.8 Å². The van der Waals surface area contributed by atoms with Crippen molar-refractivity contribution < 1.29 is 19.0 Å². The van der Waals surface area contributed by atoms with Crippen LogP contribution in [-0.4, -0.2) is 38.8 Å². The van der Waals surface area contributed by atoms with E-state index in [0.29, 0.717) is 36.6 Å².